The standard InChI is InChI=1S/C16H16BrNO6S2/c17-11-4-6-14(7-5-11)26(23,24)18(12-2-1-3-13(19)8-12)15-9-25(21,22)10-16(15)20/h1-8,15-16,19-20H,9-10H2/t15-,16-/m1/s1. The molecule has 2 N–H and O–H groups in total. The van der Waals surface area contributed by atoms with E-state index < -0.39 is 43.5 Å². The number of hydrogen-bond donors (Lipinski definition) is 2. The third-order valence-electron chi connectivity index (χ3n) is 4.05. The average Bonchev–Trinajstić information content (AvgIpc) is 2.80. The second-order valence-electron chi connectivity index (χ2n) is 5.99. The maximum atomic E-state index is 13.2. The van der Waals surface area contributed by atoms with Gasteiger partial charge < -0.3 is 10.2 Å². The van der Waals surface area contributed by atoms with Gasteiger partial charge in [-0.05, 0) is 36.4 Å². The van der Waals surface area contributed by atoms with E-state index >= 15 is 0 Å². The Kier molecular flexibility index (Phi) is 5.04. The number of benzene rings is 2. The fourth-order valence-corrected chi connectivity index (χ4v) is 6.69. The summed E-state index contributed by atoms with van der Waals surface area (Å²) in [6.07, 6.45) is -1.37. The zero-order valence-electron chi connectivity index (χ0n) is 13.4. The predicted octanol–water partition coefficient (Wildman–Crippen LogP) is 1.51. The van der Waals surface area contributed by atoms with Crippen molar-refractivity contribution in [3.8, 4) is 5.75 Å². The topological polar surface area (TPSA) is 112 Å². The van der Waals surface area contributed by atoms with Gasteiger partial charge in [0.15, 0.2) is 9.84 Å². The first-order chi connectivity index (χ1) is 12.1. The molecule has 0 radical (unpaired) electrons. The highest BCUT2D eigenvalue weighted by molar-refractivity contribution is 9.10. The molecule has 1 aliphatic heterocycles. The van der Waals surface area contributed by atoms with Crippen molar-refractivity contribution in [3.05, 3.63) is 53.0 Å². The van der Waals surface area contributed by atoms with E-state index in [-0.39, 0.29) is 16.3 Å². The van der Waals surface area contributed by atoms with Crippen LogP contribution >= 0.6 is 15.9 Å². The lowest BCUT2D eigenvalue weighted by Crippen LogP contribution is -2.47. The fraction of sp³-hybridized carbons (Fsp3) is 0.250. The number of sulfone groups is 1. The number of aromatic hydroxyl groups is 1. The second-order valence-corrected chi connectivity index (χ2v) is 10.9. The maximum absolute atomic E-state index is 13.2. The number of hydrogen-bond acceptors (Lipinski definition) is 6. The minimum atomic E-state index is -4.18. The second kappa shape index (κ2) is 6.84. The smallest absolute Gasteiger partial charge is 0.264 e. The van der Waals surface area contributed by atoms with E-state index in [0.29, 0.717) is 4.47 Å². The fourth-order valence-electron chi connectivity index (χ4n) is 2.89. The first-order valence-electron chi connectivity index (χ1n) is 7.58. The van der Waals surface area contributed by atoms with Gasteiger partial charge in [0.1, 0.15) is 5.75 Å². The average molecular weight is 462 g/mol. The van der Waals surface area contributed by atoms with Crippen LogP contribution in [0.3, 0.4) is 0 Å². The molecule has 2 aromatic carbocycles. The van der Waals surface area contributed by atoms with Crippen LogP contribution in [0.15, 0.2) is 57.9 Å². The van der Waals surface area contributed by atoms with Gasteiger partial charge in [-0.25, -0.2) is 16.8 Å². The Hall–Kier alpha value is -1.62. The highest BCUT2D eigenvalue weighted by Crippen LogP contribution is 2.33. The van der Waals surface area contributed by atoms with Crippen molar-refractivity contribution < 1.29 is 27.0 Å². The van der Waals surface area contributed by atoms with Crippen LogP contribution in [0.4, 0.5) is 5.69 Å². The van der Waals surface area contributed by atoms with Crippen molar-refractivity contribution in [3.63, 3.8) is 0 Å². The summed E-state index contributed by atoms with van der Waals surface area (Å²) >= 11 is 3.23. The van der Waals surface area contributed by atoms with Gasteiger partial charge in [0.05, 0.1) is 34.2 Å². The van der Waals surface area contributed by atoms with E-state index in [9.17, 15) is 27.0 Å². The van der Waals surface area contributed by atoms with Gasteiger partial charge in [0, 0.05) is 10.5 Å². The van der Waals surface area contributed by atoms with Gasteiger partial charge in [0.2, 0.25) is 0 Å². The summed E-state index contributed by atoms with van der Waals surface area (Å²) in [5.74, 6) is -1.18. The van der Waals surface area contributed by atoms with Crippen LogP contribution in [0, 0.1) is 0 Å². The molecule has 2 atom stereocenters. The number of phenolic OH excluding ortho intramolecular Hbond substituents is 1. The van der Waals surface area contributed by atoms with Crippen LogP contribution in [0.2, 0.25) is 0 Å². The zero-order chi connectivity index (χ0) is 19.1. The van der Waals surface area contributed by atoms with Crippen LogP contribution in [0.5, 0.6) is 5.75 Å². The van der Waals surface area contributed by atoms with Gasteiger partial charge in [-0.3, -0.25) is 4.31 Å². The van der Waals surface area contributed by atoms with Gasteiger partial charge in [-0.1, -0.05) is 22.0 Å². The monoisotopic (exact) mass is 461 g/mol. The molecule has 1 heterocycles. The third kappa shape index (κ3) is 3.73. The molecule has 3 rings (SSSR count). The van der Waals surface area contributed by atoms with Crippen molar-refractivity contribution in [2.75, 3.05) is 15.8 Å². The lowest BCUT2D eigenvalue weighted by molar-refractivity contribution is 0.184. The summed E-state index contributed by atoms with van der Waals surface area (Å²) in [4.78, 5) is -0.0551. The molecule has 0 unspecified atom stereocenters. The molecule has 0 amide bonds. The number of aliphatic hydroxyl groups is 1. The summed E-state index contributed by atoms with van der Waals surface area (Å²) in [6, 6.07) is 10.2. The highest BCUT2D eigenvalue weighted by atomic mass is 79.9. The third-order valence-corrected chi connectivity index (χ3v) is 8.14. The Morgan fingerprint density at radius 1 is 1.08 bits per heavy atom. The Morgan fingerprint density at radius 3 is 2.27 bits per heavy atom. The quantitative estimate of drug-likeness (QED) is 0.713. The van der Waals surface area contributed by atoms with E-state index in [1.54, 1.807) is 12.1 Å². The Balaban J connectivity index is 2.16. The summed E-state index contributed by atoms with van der Waals surface area (Å²) in [5, 5.41) is 20.0. The van der Waals surface area contributed by atoms with Crippen molar-refractivity contribution in [2.45, 2.75) is 17.0 Å². The molecule has 2 aromatic rings. The van der Waals surface area contributed by atoms with Gasteiger partial charge in [-0.2, -0.15) is 0 Å². The van der Waals surface area contributed by atoms with Crippen LogP contribution in [-0.4, -0.2) is 50.7 Å². The van der Waals surface area contributed by atoms with Crippen LogP contribution < -0.4 is 4.31 Å². The van der Waals surface area contributed by atoms with Crippen molar-refractivity contribution >= 4 is 41.5 Å². The SMILES string of the molecule is O=S1(=O)C[C@@H](O)[C@H](N(c2cccc(O)c2)S(=O)(=O)c2ccc(Br)cc2)C1. The van der Waals surface area contributed by atoms with Crippen LogP contribution in [-0.2, 0) is 19.9 Å². The Bertz CT molecular complexity index is 1020. The highest BCUT2D eigenvalue weighted by Gasteiger charge is 2.45. The Labute approximate surface area is 160 Å². The van der Waals surface area contributed by atoms with E-state index in [1.165, 1.54) is 36.4 Å². The molecule has 140 valence electrons. The number of halogens is 1. The molecule has 0 bridgehead atoms. The molecule has 1 aliphatic rings. The molecule has 1 fully saturated rings. The van der Waals surface area contributed by atoms with Crippen LogP contribution in [0.25, 0.3) is 0 Å². The summed E-state index contributed by atoms with van der Waals surface area (Å²) in [6.45, 7) is 0. The summed E-state index contributed by atoms with van der Waals surface area (Å²) in [7, 11) is -7.76. The number of anilines is 1. The molecule has 1 saturated heterocycles. The summed E-state index contributed by atoms with van der Waals surface area (Å²) in [5.41, 5.74) is 0.0778. The van der Waals surface area contributed by atoms with E-state index in [1.807, 2.05) is 0 Å². The van der Waals surface area contributed by atoms with Crippen molar-refractivity contribution in [1.29, 1.82) is 0 Å². The molecule has 26 heavy (non-hydrogen) atoms. The molecule has 0 spiro atoms. The van der Waals surface area contributed by atoms with Gasteiger partial charge >= 0.3 is 0 Å². The predicted molar refractivity (Wildman–Crippen MR) is 100 cm³/mol. The largest absolute Gasteiger partial charge is 0.508 e. The first-order valence-corrected chi connectivity index (χ1v) is 11.6. The number of phenols is 1. The molecular weight excluding hydrogens is 446 g/mol. The van der Waals surface area contributed by atoms with Crippen molar-refractivity contribution in [1.82, 2.24) is 0 Å². The summed E-state index contributed by atoms with van der Waals surface area (Å²) < 4.78 is 51.9. The van der Waals surface area contributed by atoms with Gasteiger partial charge in [0.25, 0.3) is 10.0 Å². The normalized spacial score (nSPS) is 22.2. The number of sulfonamides is 1. The molecule has 10 heteroatoms. The Morgan fingerprint density at radius 2 is 1.73 bits per heavy atom. The molecule has 0 aliphatic carbocycles. The lowest BCUT2D eigenvalue weighted by atomic mass is 10.2. The number of nitrogens with zero attached hydrogens (tertiary/aromatic N) is 1. The van der Waals surface area contributed by atoms with Crippen molar-refractivity contribution in [2.24, 2.45) is 0 Å². The number of aliphatic hydroxyl groups excluding tert-OH is 1. The van der Waals surface area contributed by atoms with Gasteiger partial charge in [-0.15, -0.1) is 0 Å². The molecule has 0 saturated carbocycles. The van der Waals surface area contributed by atoms with E-state index in [0.717, 1.165) is 4.31 Å². The minimum absolute atomic E-state index is 0.0551. The molecule has 7 nitrogen and oxygen atoms in total. The number of rotatable bonds is 4. The lowest BCUT2D eigenvalue weighted by Gasteiger charge is -2.31. The molecule has 0 aromatic heterocycles. The maximum Gasteiger partial charge on any atom is 0.264 e. The van der Waals surface area contributed by atoms with Crippen LogP contribution in [0.1, 0.15) is 0 Å². The van der Waals surface area contributed by atoms with E-state index in [4.69, 9.17) is 0 Å². The first kappa shape index (κ1) is 19.2. The molecular formula is C16H16BrNO6S2. The minimum Gasteiger partial charge on any atom is -0.508 e. The van der Waals surface area contributed by atoms with E-state index in [2.05, 4.69) is 15.9 Å². The zero-order valence-corrected chi connectivity index (χ0v) is 16.6.